The molecule has 104 valence electrons. The Morgan fingerprint density at radius 3 is 2.21 bits per heavy atom. The number of piperidine rings is 1. The van der Waals surface area contributed by atoms with Gasteiger partial charge in [0, 0.05) is 19.2 Å². The first-order chi connectivity index (χ1) is 8.79. The number of halogens is 3. The minimum absolute atomic E-state index is 0.00987. The number of hydrogen-bond acceptors (Lipinski definition) is 1. The van der Waals surface area contributed by atoms with Gasteiger partial charge in [-0.15, -0.1) is 0 Å². The Hall–Kier alpha value is -0.830. The largest absolute Gasteiger partial charge is 0.369 e. The lowest BCUT2D eigenvalue weighted by atomic mass is 9.87. The molecule has 2 fully saturated rings. The molecular formula is C15H18ClF2N. The minimum Gasteiger partial charge on any atom is -0.369 e. The molecule has 0 bridgehead atoms. The lowest BCUT2D eigenvalue weighted by molar-refractivity contribution is 0.309. The van der Waals surface area contributed by atoms with Gasteiger partial charge in [-0.2, -0.15) is 0 Å². The van der Waals surface area contributed by atoms with Crippen molar-refractivity contribution < 1.29 is 8.78 Å². The van der Waals surface area contributed by atoms with E-state index < -0.39 is 11.6 Å². The van der Waals surface area contributed by atoms with Crippen molar-refractivity contribution in [3.05, 3.63) is 28.8 Å². The predicted molar refractivity (Wildman–Crippen MR) is 73.5 cm³/mol. The van der Waals surface area contributed by atoms with E-state index in [2.05, 4.69) is 20.8 Å². The normalized spacial score (nSPS) is 29.6. The summed E-state index contributed by atoms with van der Waals surface area (Å²) < 4.78 is 27.0. The third-order valence-electron chi connectivity index (χ3n) is 4.52. The van der Waals surface area contributed by atoms with E-state index >= 15 is 0 Å². The highest BCUT2D eigenvalue weighted by molar-refractivity contribution is 6.31. The van der Waals surface area contributed by atoms with Crippen molar-refractivity contribution in [3.63, 3.8) is 0 Å². The zero-order chi connectivity index (χ0) is 13.9. The number of anilines is 1. The third kappa shape index (κ3) is 2.12. The Morgan fingerprint density at radius 1 is 1.11 bits per heavy atom. The zero-order valence-electron chi connectivity index (χ0n) is 11.4. The van der Waals surface area contributed by atoms with Gasteiger partial charge in [0.2, 0.25) is 0 Å². The van der Waals surface area contributed by atoms with E-state index in [4.69, 9.17) is 11.6 Å². The van der Waals surface area contributed by atoms with Crippen LogP contribution >= 0.6 is 11.6 Å². The molecule has 0 spiro atoms. The molecule has 1 aliphatic carbocycles. The Labute approximate surface area is 117 Å². The van der Waals surface area contributed by atoms with Crippen LogP contribution in [0.25, 0.3) is 0 Å². The number of benzene rings is 1. The first-order valence-corrected chi connectivity index (χ1v) is 7.06. The fourth-order valence-corrected chi connectivity index (χ4v) is 3.92. The average molecular weight is 286 g/mol. The van der Waals surface area contributed by atoms with E-state index in [1.165, 1.54) is 6.07 Å². The second-order valence-corrected chi connectivity index (χ2v) is 7.25. The molecule has 19 heavy (non-hydrogen) atoms. The van der Waals surface area contributed by atoms with Crippen LogP contribution in [0.1, 0.15) is 20.8 Å². The lowest BCUT2D eigenvalue weighted by Crippen LogP contribution is -2.28. The quantitative estimate of drug-likeness (QED) is 0.694. The van der Waals surface area contributed by atoms with Gasteiger partial charge in [-0.3, -0.25) is 0 Å². The Balaban J connectivity index is 1.77. The molecule has 1 aliphatic heterocycles. The summed E-state index contributed by atoms with van der Waals surface area (Å²) in [6, 6.07) is 2.28. The van der Waals surface area contributed by atoms with Gasteiger partial charge in [-0.05, 0) is 29.2 Å². The van der Waals surface area contributed by atoms with Crippen LogP contribution in [-0.4, -0.2) is 13.1 Å². The monoisotopic (exact) mass is 285 g/mol. The van der Waals surface area contributed by atoms with Crippen molar-refractivity contribution in [2.75, 3.05) is 18.0 Å². The standard InChI is InChI=1S/C15H18ClF2N/c1-15(2,3)14-8-6-19(7-9(8)14)13-4-10(16)11(17)5-12(13)18/h4-5,8-9,14H,6-7H2,1-3H3. The van der Waals surface area contributed by atoms with Gasteiger partial charge in [0.15, 0.2) is 0 Å². The molecule has 2 atom stereocenters. The highest BCUT2D eigenvalue weighted by Crippen LogP contribution is 2.60. The van der Waals surface area contributed by atoms with Crippen molar-refractivity contribution in [3.8, 4) is 0 Å². The van der Waals surface area contributed by atoms with E-state index in [1.54, 1.807) is 0 Å². The van der Waals surface area contributed by atoms with E-state index in [0.717, 1.165) is 25.1 Å². The highest BCUT2D eigenvalue weighted by atomic mass is 35.5. The molecule has 1 aromatic rings. The topological polar surface area (TPSA) is 3.24 Å². The summed E-state index contributed by atoms with van der Waals surface area (Å²) >= 11 is 5.74. The molecule has 2 unspecified atom stereocenters. The van der Waals surface area contributed by atoms with E-state index in [-0.39, 0.29) is 5.02 Å². The Kier molecular flexibility index (Phi) is 2.83. The summed E-state index contributed by atoms with van der Waals surface area (Å²) in [4.78, 5) is 2.00. The summed E-state index contributed by atoms with van der Waals surface area (Å²) in [5.41, 5.74) is 0.756. The van der Waals surface area contributed by atoms with Crippen LogP contribution in [0.4, 0.5) is 14.5 Å². The van der Waals surface area contributed by atoms with Crippen molar-refractivity contribution in [2.24, 2.45) is 23.2 Å². The van der Waals surface area contributed by atoms with Gasteiger partial charge < -0.3 is 4.90 Å². The van der Waals surface area contributed by atoms with Gasteiger partial charge >= 0.3 is 0 Å². The van der Waals surface area contributed by atoms with Gasteiger partial charge in [-0.1, -0.05) is 32.4 Å². The molecule has 3 rings (SSSR count). The molecule has 1 saturated carbocycles. The highest BCUT2D eigenvalue weighted by Gasteiger charge is 2.60. The van der Waals surface area contributed by atoms with Crippen LogP contribution in [0, 0.1) is 34.8 Å². The molecule has 1 nitrogen and oxygen atoms in total. The maximum Gasteiger partial charge on any atom is 0.149 e. The minimum atomic E-state index is -0.695. The van der Waals surface area contributed by atoms with Gasteiger partial charge in [0.25, 0.3) is 0 Å². The molecule has 0 radical (unpaired) electrons. The van der Waals surface area contributed by atoms with Crippen molar-refractivity contribution >= 4 is 17.3 Å². The summed E-state index contributed by atoms with van der Waals surface area (Å²) in [5, 5.41) is -0.00987. The van der Waals surface area contributed by atoms with Crippen LogP contribution in [0.5, 0.6) is 0 Å². The van der Waals surface area contributed by atoms with Gasteiger partial charge in [0.1, 0.15) is 11.6 Å². The Bertz CT molecular complexity index is 512. The molecule has 1 saturated heterocycles. The molecule has 0 amide bonds. The number of hydrogen-bond donors (Lipinski definition) is 0. The van der Waals surface area contributed by atoms with Gasteiger partial charge in [-0.25, -0.2) is 8.78 Å². The summed E-state index contributed by atoms with van der Waals surface area (Å²) in [5.74, 6) is 0.796. The maximum absolute atomic E-state index is 13.8. The third-order valence-corrected chi connectivity index (χ3v) is 4.81. The van der Waals surface area contributed by atoms with Crippen molar-refractivity contribution in [1.82, 2.24) is 0 Å². The van der Waals surface area contributed by atoms with Crippen molar-refractivity contribution in [2.45, 2.75) is 20.8 Å². The smallest absolute Gasteiger partial charge is 0.149 e. The summed E-state index contributed by atoms with van der Waals surface area (Å²) in [6.45, 7) is 8.48. The first-order valence-electron chi connectivity index (χ1n) is 6.68. The van der Waals surface area contributed by atoms with E-state index in [0.29, 0.717) is 22.9 Å². The second kappa shape index (κ2) is 4.08. The average Bonchev–Trinajstić information content (AvgIpc) is 2.82. The van der Waals surface area contributed by atoms with Crippen LogP contribution in [-0.2, 0) is 0 Å². The zero-order valence-corrected chi connectivity index (χ0v) is 12.1. The predicted octanol–water partition coefficient (Wildman–Crippen LogP) is 4.35. The Morgan fingerprint density at radius 2 is 1.68 bits per heavy atom. The van der Waals surface area contributed by atoms with Crippen LogP contribution < -0.4 is 4.90 Å². The SMILES string of the molecule is CC(C)(C)C1C2CN(c3cc(Cl)c(F)cc3F)CC21. The summed E-state index contributed by atoms with van der Waals surface area (Å²) in [7, 11) is 0. The van der Waals surface area contributed by atoms with E-state index in [9.17, 15) is 8.78 Å². The van der Waals surface area contributed by atoms with Crippen molar-refractivity contribution in [1.29, 1.82) is 0 Å². The first kappa shape index (κ1) is 13.2. The number of nitrogens with zero attached hydrogens (tertiary/aromatic N) is 1. The van der Waals surface area contributed by atoms with Crippen LogP contribution in [0.2, 0.25) is 5.02 Å². The lowest BCUT2D eigenvalue weighted by Gasteiger charge is -2.27. The maximum atomic E-state index is 13.8. The van der Waals surface area contributed by atoms with Crippen LogP contribution in [0.3, 0.4) is 0 Å². The molecule has 2 aliphatic rings. The summed E-state index contributed by atoms with van der Waals surface area (Å²) in [6.07, 6.45) is 0. The second-order valence-electron chi connectivity index (χ2n) is 6.84. The van der Waals surface area contributed by atoms with E-state index in [1.807, 2.05) is 4.90 Å². The number of fused-ring (bicyclic) bond motifs is 1. The molecule has 0 N–H and O–H groups in total. The molecule has 0 aromatic heterocycles. The molecule has 1 aromatic carbocycles. The van der Waals surface area contributed by atoms with Crippen LogP contribution in [0.15, 0.2) is 12.1 Å². The molecule has 4 heteroatoms. The molecular weight excluding hydrogens is 268 g/mol. The fraction of sp³-hybridized carbons (Fsp3) is 0.600. The fourth-order valence-electron chi connectivity index (χ4n) is 3.76. The molecule has 1 heterocycles. The van der Waals surface area contributed by atoms with Gasteiger partial charge in [0.05, 0.1) is 10.7 Å². The number of rotatable bonds is 1.